The highest BCUT2D eigenvalue weighted by Gasteiger charge is 2.30. The second kappa shape index (κ2) is 11.4. The van der Waals surface area contributed by atoms with E-state index >= 15 is 0 Å². The van der Waals surface area contributed by atoms with Crippen molar-refractivity contribution in [1.82, 2.24) is 15.5 Å². The van der Waals surface area contributed by atoms with Crippen molar-refractivity contribution in [2.24, 2.45) is 10.9 Å². The Hall–Kier alpha value is -1.56. The van der Waals surface area contributed by atoms with Crippen LogP contribution in [0.5, 0.6) is 0 Å². The first-order valence-electron chi connectivity index (χ1n) is 8.72. The monoisotopic (exact) mass is 514 g/mol. The van der Waals surface area contributed by atoms with Gasteiger partial charge >= 0.3 is 6.18 Å². The molecular weight excluding hydrogens is 488 g/mol. The van der Waals surface area contributed by atoms with Gasteiger partial charge in [0.25, 0.3) is 0 Å². The van der Waals surface area contributed by atoms with Crippen LogP contribution >= 0.6 is 24.0 Å². The number of guanidine groups is 1. The molecule has 2 N–H and O–H groups in total. The molecular formula is C18H26F3IN4O2. The number of benzene rings is 1. The summed E-state index contributed by atoms with van der Waals surface area (Å²) in [5.74, 6) is 0.595. The SMILES string of the molecule is CN(C)C(=O)CNC(=NCc1cccc(C(F)(F)F)c1)NCC1CCOC1.I. The lowest BCUT2D eigenvalue weighted by molar-refractivity contribution is -0.137. The minimum absolute atomic E-state index is 0. The third-order valence-electron chi connectivity index (χ3n) is 4.16. The zero-order valence-corrected chi connectivity index (χ0v) is 18.2. The maximum Gasteiger partial charge on any atom is 0.416 e. The number of carbonyl (C=O) groups is 1. The number of aliphatic imine (C=N–C) groups is 1. The summed E-state index contributed by atoms with van der Waals surface area (Å²) in [4.78, 5) is 17.5. The Labute approximate surface area is 179 Å². The van der Waals surface area contributed by atoms with E-state index in [2.05, 4.69) is 15.6 Å². The topological polar surface area (TPSA) is 66.0 Å². The van der Waals surface area contributed by atoms with Gasteiger partial charge in [-0.25, -0.2) is 4.99 Å². The molecule has 1 fully saturated rings. The molecule has 1 saturated heterocycles. The third kappa shape index (κ3) is 8.21. The van der Waals surface area contributed by atoms with E-state index in [4.69, 9.17) is 4.74 Å². The van der Waals surface area contributed by atoms with Crippen molar-refractivity contribution in [1.29, 1.82) is 0 Å². The number of carbonyl (C=O) groups excluding carboxylic acids is 1. The quantitative estimate of drug-likeness (QED) is 0.348. The third-order valence-corrected chi connectivity index (χ3v) is 4.16. The fourth-order valence-corrected chi connectivity index (χ4v) is 2.49. The van der Waals surface area contributed by atoms with Crippen LogP contribution in [0.15, 0.2) is 29.3 Å². The van der Waals surface area contributed by atoms with Gasteiger partial charge in [-0.3, -0.25) is 4.79 Å². The number of amides is 1. The molecule has 0 aliphatic carbocycles. The second-order valence-corrected chi connectivity index (χ2v) is 6.62. The van der Waals surface area contributed by atoms with Crippen LogP contribution in [0.2, 0.25) is 0 Å². The zero-order valence-electron chi connectivity index (χ0n) is 15.9. The van der Waals surface area contributed by atoms with E-state index in [-0.39, 0.29) is 43.0 Å². The minimum Gasteiger partial charge on any atom is -0.381 e. The molecule has 0 radical (unpaired) electrons. The van der Waals surface area contributed by atoms with E-state index in [1.807, 2.05) is 0 Å². The maximum atomic E-state index is 12.8. The lowest BCUT2D eigenvalue weighted by Gasteiger charge is -2.16. The van der Waals surface area contributed by atoms with Crippen LogP contribution in [0.1, 0.15) is 17.5 Å². The Kier molecular flexibility index (Phi) is 10.0. The van der Waals surface area contributed by atoms with Crippen molar-refractivity contribution in [2.75, 3.05) is 40.4 Å². The molecule has 1 unspecified atom stereocenters. The van der Waals surface area contributed by atoms with E-state index in [1.165, 1.54) is 11.0 Å². The average molecular weight is 514 g/mol. The van der Waals surface area contributed by atoms with Gasteiger partial charge in [0.1, 0.15) is 0 Å². The molecule has 10 heteroatoms. The first-order chi connectivity index (χ1) is 12.8. The number of rotatable bonds is 6. The van der Waals surface area contributed by atoms with Crippen molar-refractivity contribution >= 4 is 35.8 Å². The van der Waals surface area contributed by atoms with E-state index in [0.29, 0.717) is 30.6 Å². The van der Waals surface area contributed by atoms with Crippen LogP contribution < -0.4 is 10.6 Å². The summed E-state index contributed by atoms with van der Waals surface area (Å²) in [5, 5.41) is 6.06. The smallest absolute Gasteiger partial charge is 0.381 e. The van der Waals surface area contributed by atoms with Gasteiger partial charge in [0.05, 0.1) is 25.3 Å². The number of hydrogen-bond donors (Lipinski definition) is 2. The van der Waals surface area contributed by atoms with Crippen LogP contribution in [-0.2, 0) is 22.3 Å². The molecule has 0 bridgehead atoms. The van der Waals surface area contributed by atoms with Gasteiger partial charge < -0.3 is 20.3 Å². The van der Waals surface area contributed by atoms with Gasteiger partial charge in [-0.1, -0.05) is 12.1 Å². The number of hydrogen-bond acceptors (Lipinski definition) is 3. The van der Waals surface area contributed by atoms with Gasteiger partial charge in [0.2, 0.25) is 5.91 Å². The maximum absolute atomic E-state index is 12.8. The largest absolute Gasteiger partial charge is 0.416 e. The first kappa shape index (κ1) is 24.5. The molecule has 28 heavy (non-hydrogen) atoms. The molecule has 0 spiro atoms. The summed E-state index contributed by atoms with van der Waals surface area (Å²) in [6.07, 6.45) is -3.45. The zero-order chi connectivity index (χ0) is 19.9. The first-order valence-corrected chi connectivity index (χ1v) is 8.72. The minimum atomic E-state index is -4.39. The molecule has 6 nitrogen and oxygen atoms in total. The fourth-order valence-electron chi connectivity index (χ4n) is 2.49. The second-order valence-electron chi connectivity index (χ2n) is 6.62. The lowest BCUT2D eigenvalue weighted by Crippen LogP contribution is -2.44. The molecule has 1 aliphatic heterocycles. The van der Waals surface area contributed by atoms with Crippen molar-refractivity contribution in [3.8, 4) is 0 Å². The molecule has 0 aromatic heterocycles. The normalized spacial score (nSPS) is 17.0. The summed E-state index contributed by atoms with van der Waals surface area (Å²) in [7, 11) is 3.29. The number of halogens is 4. The molecule has 2 rings (SSSR count). The van der Waals surface area contributed by atoms with Crippen LogP contribution in [0, 0.1) is 5.92 Å². The Morgan fingerprint density at radius 1 is 1.32 bits per heavy atom. The number of likely N-dealkylation sites (N-methyl/N-ethyl adjacent to an activating group) is 1. The molecule has 1 aromatic rings. The number of nitrogens with zero attached hydrogens (tertiary/aromatic N) is 2. The summed E-state index contributed by atoms with van der Waals surface area (Å²) in [6, 6.07) is 5.06. The molecule has 1 amide bonds. The lowest BCUT2D eigenvalue weighted by atomic mass is 10.1. The van der Waals surface area contributed by atoms with Crippen molar-refractivity contribution in [3.05, 3.63) is 35.4 Å². The van der Waals surface area contributed by atoms with E-state index < -0.39 is 11.7 Å². The van der Waals surface area contributed by atoms with Crippen LogP contribution in [0.3, 0.4) is 0 Å². The van der Waals surface area contributed by atoms with Gasteiger partial charge in [0.15, 0.2) is 5.96 Å². The molecule has 1 heterocycles. The predicted molar refractivity (Wildman–Crippen MR) is 112 cm³/mol. The molecule has 1 aliphatic rings. The molecule has 1 aromatic carbocycles. The summed E-state index contributed by atoms with van der Waals surface area (Å²) in [5.41, 5.74) is -0.266. The van der Waals surface area contributed by atoms with E-state index in [1.54, 1.807) is 20.2 Å². The fraction of sp³-hybridized carbons (Fsp3) is 0.556. The highest BCUT2D eigenvalue weighted by Crippen LogP contribution is 2.29. The van der Waals surface area contributed by atoms with Crippen molar-refractivity contribution < 1.29 is 22.7 Å². The highest BCUT2D eigenvalue weighted by molar-refractivity contribution is 14.0. The Bertz CT molecular complexity index is 662. The summed E-state index contributed by atoms with van der Waals surface area (Å²) < 4.78 is 43.8. The van der Waals surface area contributed by atoms with Crippen LogP contribution in [0.4, 0.5) is 13.2 Å². The molecule has 1 atom stereocenters. The Morgan fingerprint density at radius 2 is 2.07 bits per heavy atom. The number of alkyl halides is 3. The van der Waals surface area contributed by atoms with Gasteiger partial charge in [-0.2, -0.15) is 13.2 Å². The summed E-state index contributed by atoms with van der Waals surface area (Å²) in [6.45, 7) is 2.10. The molecule has 0 saturated carbocycles. The van der Waals surface area contributed by atoms with Crippen LogP contribution in [-0.4, -0.2) is 57.2 Å². The highest BCUT2D eigenvalue weighted by atomic mass is 127. The number of ether oxygens (including phenoxy) is 1. The molecule has 158 valence electrons. The van der Waals surface area contributed by atoms with Crippen molar-refractivity contribution in [2.45, 2.75) is 19.1 Å². The van der Waals surface area contributed by atoms with E-state index in [9.17, 15) is 18.0 Å². The van der Waals surface area contributed by atoms with Gasteiger partial charge in [-0.15, -0.1) is 24.0 Å². The standard InChI is InChI=1S/C18H25F3N4O2.HI/c1-25(2)16(26)11-24-17(23-10-14-6-7-27-12-14)22-9-13-4-3-5-15(8-13)18(19,20)21;/h3-5,8,14H,6-7,9-12H2,1-2H3,(H2,22,23,24);1H. The Morgan fingerprint density at radius 3 is 2.68 bits per heavy atom. The Balaban J connectivity index is 0.00000392. The average Bonchev–Trinajstić information content (AvgIpc) is 3.13. The number of nitrogens with one attached hydrogen (secondary N) is 2. The van der Waals surface area contributed by atoms with Crippen LogP contribution in [0.25, 0.3) is 0 Å². The van der Waals surface area contributed by atoms with Gasteiger partial charge in [-0.05, 0) is 24.1 Å². The van der Waals surface area contributed by atoms with Gasteiger partial charge in [0, 0.05) is 33.2 Å². The summed E-state index contributed by atoms with van der Waals surface area (Å²) >= 11 is 0. The van der Waals surface area contributed by atoms with Crippen molar-refractivity contribution in [3.63, 3.8) is 0 Å². The van der Waals surface area contributed by atoms with E-state index in [0.717, 1.165) is 25.2 Å². The predicted octanol–water partition coefficient (Wildman–Crippen LogP) is 2.48.